The molecular weight excluding hydrogens is 380 g/mol. The van der Waals surface area contributed by atoms with Gasteiger partial charge in [0.25, 0.3) is 0 Å². The van der Waals surface area contributed by atoms with Gasteiger partial charge in [-0.05, 0) is 29.8 Å². The zero-order valence-corrected chi connectivity index (χ0v) is 16.4. The van der Waals surface area contributed by atoms with Gasteiger partial charge in [-0.1, -0.05) is 29.4 Å². The molecule has 30 heavy (non-hydrogen) atoms. The highest BCUT2D eigenvalue weighted by Gasteiger charge is 2.11. The van der Waals surface area contributed by atoms with E-state index in [4.69, 9.17) is 10.3 Å². The molecule has 4 aromatic rings. The zero-order valence-electron chi connectivity index (χ0n) is 16.4. The third-order valence-electron chi connectivity index (χ3n) is 4.54. The van der Waals surface area contributed by atoms with E-state index in [1.165, 1.54) is 0 Å². The van der Waals surface area contributed by atoms with Gasteiger partial charge in [0.15, 0.2) is 5.78 Å². The summed E-state index contributed by atoms with van der Waals surface area (Å²) in [4.78, 5) is 25.3. The number of carbonyl (C=O) groups excluding carboxylic acids is 1. The van der Waals surface area contributed by atoms with Crippen LogP contribution in [0.15, 0.2) is 65.4 Å². The van der Waals surface area contributed by atoms with Gasteiger partial charge in [-0.3, -0.25) is 9.78 Å². The summed E-state index contributed by atoms with van der Waals surface area (Å²) in [6, 6.07) is 14.6. The molecular formula is C22H20N6O2. The van der Waals surface area contributed by atoms with Crippen molar-refractivity contribution in [2.24, 2.45) is 0 Å². The molecule has 3 heterocycles. The predicted molar refractivity (Wildman–Crippen MR) is 113 cm³/mol. The molecule has 0 bridgehead atoms. The Morgan fingerprint density at radius 3 is 2.67 bits per heavy atom. The summed E-state index contributed by atoms with van der Waals surface area (Å²) in [6.07, 6.45) is 3.62. The molecule has 0 fully saturated rings. The van der Waals surface area contributed by atoms with Gasteiger partial charge in [0.2, 0.25) is 11.7 Å². The van der Waals surface area contributed by atoms with E-state index >= 15 is 0 Å². The molecule has 0 spiro atoms. The molecule has 0 aliphatic heterocycles. The molecule has 3 aromatic heterocycles. The van der Waals surface area contributed by atoms with E-state index in [1.807, 2.05) is 36.4 Å². The lowest BCUT2D eigenvalue weighted by Gasteiger charge is -2.09. The highest BCUT2D eigenvalue weighted by atomic mass is 16.5. The summed E-state index contributed by atoms with van der Waals surface area (Å²) in [5.41, 5.74) is 9.72. The van der Waals surface area contributed by atoms with Crippen LogP contribution in [-0.4, -0.2) is 25.9 Å². The van der Waals surface area contributed by atoms with Crippen molar-refractivity contribution < 1.29 is 9.32 Å². The van der Waals surface area contributed by atoms with Crippen LogP contribution >= 0.6 is 0 Å². The number of nitrogen functional groups attached to an aromatic ring is 1. The second-order valence-corrected chi connectivity index (χ2v) is 6.76. The van der Waals surface area contributed by atoms with Crippen LogP contribution in [0.4, 0.5) is 11.5 Å². The van der Waals surface area contributed by atoms with Crippen LogP contribution in [0.3, 0.4) is 0 Å². The number of rotatable bonds is 7. The van der Waals surface area contributed by atoms with Crippen molar-refractivity contribution in [3.8, 4) is 11.4 Å². The van der Waals surface area contributed by atoms with Crippen molar-refractivity contribution in [1.29, 1.82) is 0 Å². The first-order valence-corrected chi connectivity index (χ1v) is 9.40. The summed E-state index contributed by atoms with van der Waals surface area (Å²) in [5, 5.41) is 7.10. The number of aromatic nitrogens is 4. The normalized spacial score (nSPS) is 10.7. The standard InChI is InChI=1S/C22H20N6O2/c1-14-27-22(28-30-14)17-6-4-16(5-7-17)20(29)12-15-8-10-24-18(11-15)13-26-19-3-2-9-25-21(19)23/h2-11,26H,12-13H2,1H3,(H2,23,25). The number of Topliss-reactive ketones (excluding diaryl/α,β-unsaturated/α-hetero) is 1. The first kappa shape index (κ1) is 19.3. The number of anilines is 2. The Kier molecular flexibility index (Phi) is 5.47. The van der Waals surface area contributed by atoms with Gasteiger partial charge >= 0.3 is 0 Å². The molecule has 4 rings (SSSR count). The molecule has 1 aromatic carbocycles. The zero-order chi connectivity index (χ0) is 20.9. The Hall–Kier alpha value is -4.07. The van der Waals surface area contributed by atoms with Gasteiger partial charge in [0, 0.05) is 36.9 Å². The lowest BCUT2D eigenvalue weighted by Crippen LogP contribution is -2.07. The number of carbonyl (C=O) groups is 1. The minimum Gasteiger partial charge on any atom is -0.382 e. The molecule has 0 aliphatic rings. The Bertz CT molecular complexity index is 1170. The van der Waals surface area contributed by atoms with E-state index in [9.17, 15) is 4.79 Å². The molecule has 0 unspecified atom stereocenters. The number of pyridine rings is 2. The van der Waals surface area contributed by atoms with E-state index in [1.54, 1.807) is 31.5 Å². The van der Waals surface area contributed by atoms with Crippen molar-refractivity contribution in [2.45, 2.75) is 19.9 Å². The summed E-state index contributed by atoms with van der Waals surface area (Å²) in [5.74, 6) is 1.46. The van der Waals surface area contributed by atoms with E-state index < -0.39 is 0 Å². The summed E-state index contributed by atoms with van der Waals surface area (Å²) >= 11 is 0. The maximum Gasteiger partial charge on any atom is 0.223 e. The number of nitrogens with two attached hydrogens (primary N) is 1. The Labute approximate surface area is 173 Å². The van der Waals surface area contributed by atoms with E-state index in [-0.39, 0.29) is 12.2 Å². The van der Waals surface area contributed by atoms with Gasteiger partial charge in [0.1, 0.15) is 5.82 Å². The van der Waals surface area contributed by atoms with E-state index in [0.29, 0.717) is 29.6 Å². The lowest BCUT2D eigenvalue weighted by molar-refractivity contribution is 0.0993. The molecule has 0 amide bonds. The number of aryl methyl sites for hydroxylation is 1. The number of hydrogen-bond acceptors (Lipinski definition) is 8. The van der Waals surface area contributed by atoms with Crippen molar-refractivity contribution >= 4 is 17.3 Å². The third-order valence-corrected chi connectivity index (χ3v) is 4.54. The molecule has 0 radical (unpaired) electrons. The average molecular weight is 400 g/mol. The molecule has 0 atom stereocenters. The van der Waals surface area contributed by atoms with Crippen molar-refractivity contribution in [1.82, 2.24) is 20.1 Å². The Morgan fingerprint density at radius 1 is 1.10 bits per heavy atom. The SMILES string of the molecule is Cc1nc(-c2ccc(C(=O)Cc3ccnc(CNc4cccnc4N)c3)cc2)no1. The van der Waals surface area contributed by atoms with Crippen LogP contribution in [-0.2, 0) is 13.0 Å². The van der Waals surface area contributed by atoms with Crippen molar-refractivity contribution in [3.05, 3.63) is 83.6 Å². The minimum absolute atomic E-state index is 0.0208. The average Bonchev–Trinajstić information content (AvgIpc) is 3.20. The molecule has 8 heteroatoms. The number of nitrogens with zero attached hydrogens (tertiary/aromatic N) is 4. The second-order valence-electron chi connectivity index (χ2n) is 6.76. The van der Waals surface area contributed by atoms with Crippen LogP contribution in [0.1, 0.15) is 27.5 Å². The molecule has 0 saturated heterocycles. The number of nitrogens with one attached hydrogen (secondary N) is 1. The van der Waals surface area contributed by atoms with Gasteiger partial charge in [-0.25, -0.2) is 4.98 Å². The van der Waals surface area contributed by atoms with E-state index in [0.717, 1.165) is 22.5 Å². The molecule has 150 valence electrons. The largest absolute Gasteiger partial charge is 0.382 e. The number of hydrogen-bond donors (Lipinski definition) is 2. The van der Waals surface area contributed by atoms with Crippen LogP contribution in [0.25, 0.3) is 11.4 Å². The second kappa shape index (κ2) is 8.52. The first-order chi connectivity index (χ1) is 14.6. The van der Waals surface area contributed by atoms with Gasteiger partial charge < -0.3 is 15.6 Å². The molecule has 3 N–H and O–H groups in total. The summed E-state index contributed by atoms with van der Waals surface area (Å²) < 4.78 is 4.99. The van der Waals surface area contributed by atoms with Gasteiger partial charge in [-0.15, -0.1) is 0 Å². The van der Waals surface area contributed by atoms with Crippen LogP contribution in [0.2, 0.25) is 0 Å². The fourth-order valence-corrected chi connectivity index (χ4v) is 3.00. The molecule has 8 nitrogen and oxygen atoms in total. The van der Waals surface area contributed by atoms with Crippen molar-refractivity contribution in [3.63, 3.8) is 0 Å². The predicted octanol–water partition coefficient (Wildman–Crippen LogP) is 3.45. The fourth-order valence-electron chi connectivity index (χ4n) is 3.00. The smallest absolute Gasteiger partial charge is 0.223 e. The van der Waals surface area contributed by atoms with Crippen LogP contribution in [0, 0.1) is 6.92 Å². The maximum absolute atomic E-state index is 12.7. The topological polar surface area (TPSA) is 120 Å². The van der Waals surface area contributed by atoms with E-state index in [2.05, 4.69) is 25.4 Å². The molecule has 0 aliphatic carbocycles. The summed E-state index contributed by atoms with van der Waals surface area (Å²) in [7, 11) is 0. The quantitative estimate of drug-likeness (QED) is 0.453. The third kappa shape index (κ3) is 4.49. The number of ketones is 1. The monoisotopic (exact) mass is 400 g/mol. The van der Waals surface area contributed by atoms with Crippen LogP contribution in [0.5, 0.6) is 0 Å². The maximum atomic E-state index is 12.7. The minimum atomic E-state index is 0.0208. The van der Waals surface area contributed by atoms with Crippen LogP contribution < -0.4 is 11.1 Å². The molecule has 0 saturated carbocycles. The first-order valence-electron chi connectivity index (χ1n) is 9.40. The lowest BCUT2D eigenvalue weighted by atomic mass is 10.0. The Morgan fingerprint density at radius 2 is 1.93 bits per heavy atom. The summed E-state index contributed by atoms with van der Waals surface area (Å²) in [6.45, 7) is 2.22. The highest BCUT2D eigenvalue weighted by Crippen LogP contribution is 2.18. The highest BCUT2D eigenvalue weighted by molar-refractivity contribution is 5.97. The van der Waals surface area contributed by atoms with Gasteiger partial charge in [-0.2, -0.15) is 4.98 Å². The van der Waals surface area contributed by atoms with Gasteiger partial charge in [0.05, 0.1) is 17.9 Å². The number of benzene rings is 1. The Balaban J connectivity index is 1.41. The fraction of sp³-hybridized carbons (Fsp3) is 0.136. The van der Waals surface area contributed by atoms with Crippen molar-refractivity contribution in [2.75, 3.05) is 11.1 Å².